The Morgan fingerprint density at radius 2 is 2.00 bits per heavy atom. The summed E-state index contributed by atoms with van der Waals surface area (Å²) in [5.41, 5.74) is 0.839. The van der Waals surface area contributed by atoms with E-state index in [1.165, 1.54) is 0 Å². The van der Waals surface area contributed by atoms with Crippen molar-refractivity contribution < 1.29 is 17.9 Å². The van der Waals surface area contributed by atoms with Crippen LogP contribution in [0.15, 0.2) is 24.3 Å². The summed E-state index contributed by atoms with van der Waals surface area (Å²) in [6.07, 6.45) is 1.41. The Balaban J connectivity index is 2.10. The zero-order chi connectivity index (χ0) is 17.9. The molecule has 6 nitrogen and oxygen atoms in total. The lowest BCUT2D eigenvalue weighted by molar-refractivity contribution is -0.129. The topological polar surface area (TPSA) is 75.7 Å². The maximum atomic E-state index is 12.7. The second-order valence-electron chi connectivity index (χ2n) is 6.69. The molecule has 2 atom stereocenters. The number of methoxy groups -OCH3 is 1. The molecule has 1 aliphatic rings. The second-order valence-corrected chi connectivity index (χ2v) is 8.47. The summed E-state index contributed by atoms with van der Waals surface area (Å²) >= 11 is 0. The standard InChI is InChI=1S/C17H26N2O4S/c1-12(2)14-10-19(11-15(14)18-24(4,21)22)17(20)9-13-7-5-6-8-16(13)23-3/h5-8,12,14-15,18H,9-11H2,1-4H3/t14-,15+/m1/s1. The highest BCUT2D eigenvalue weighted by molar-refractivity contribution is 7.88. The zero-order valence-electron chi connectivity index (χ0n) is 14.7. The molecule has 1 aromatic rings. The number of carbonyl (C=O) groups excluding carboxylic acids is 1. The van der Waals surface area contributed by atoms with Gasteiger partial charge in [-0.3, -0.25) is 4.79 Å². The van der Waals surface area contributed by atoms with Gasteiger partial charge in [-0.1, -0.05) is 32.0 Å². The van der Waals surface area contributed by atoms with Gasteiger partial charge in [-0.15, -0.1) is 0 Å². The number of nitrogens with one attached hydrogen (secondary N) is 1. The highest BCUT2D eigenvalue weighted by Gasteiger charge is 2.38. The fourth-order valence-electron chi connectivity index (χ4n) is 3.23. The van der Waals surface area contributed by atoms with Gasteiger partial charge >= 0.3 is 0 Å². The van der Waals surface area contributed by atoms with Gasteiger partial charge < -0.3 is 9.64 Å². The lowest BCUT2D eigenvalue weighted by atomic mass is 9.92. The molecule has 0 spiro atoms. The van der Waals surface area contributed by atoms with E-state index in [1.807, 2.05) is 24.3 Å². The quantitative estimate of drug-likeness (QED) is 0.835. The van der Waals surface area contributed by atoms with Gasteiger partial charge in [-0.05, 0) is 17.9 Å². The Morgan fingerprint density at radius 3 is 2.58 bits per heavy atom. The highest BCUT2D eigenvalue weighted by atomic mass is 32.2. The average molecular weight is 354 g/mol. The number of amides is 1. The fourth-order valence-corrected chi connectivity index (χ4v) is 4.03. The first-order chi connectivity index (χ1) is 11.2. The largest absolute Gasteiger partial charge is 0.496 e. The molecule has 2 rings (SSSR count). The molecule has 1 saturated heterocycles. The van der Waals surface area contributed by atoms with Crippen LogP contribution in [0.4, 0.5) is 0 Å². The smallest absolute Gasteiger partial charge is 0.227 e. The number of hydrogen-bond donors (Lipinski definition) is 1. The van der Waals surface area contributed by atoms with E-state index in [4.69, 9.17) is 4.74 Å². The minimum Gasteiger partial charge on any atom is -0.496 e. The van der Waals surface area contributed by atoms with Crippen molar-refractivity contribution in [2.75, 3.05) is 26.5 Å². The Bertz CT molecular complexity index is 688. The van der Waals surface area contributed by atoms with Crippen molar-refractivity contribution in [3.05, 3.63) is 29.8 Å². The summed E-state index contributed by atoms with van der Waals surface area (Å²) in [4.78, 5) is 14.4. The Kier molecular flexibility index (Phi) is 5.87. The van der Waals surface area contributed by atoms with Crippen LogP contribution in [0.25, 0.3) is 0 Å². The number of para-hydroxylation sites is 1. The molecule has 0 radical (unpaired) electrons. The SMILES string of the molecule is COc1ccccc1CC(=O)N1C[C@H](NS(C)(=O)=O)[C@@H](C(C)C)C1. The summed E-state index contributed by atoms with van der Waals surface area (Å²) in [5, 5.41) is 0. The third kappa shape index (κ3) is 4.70. The van der Waals surface area contributed by atoms with E-state index in [9.17, 15) is 13.2 Å². The first kappa shape index (κ1) is 18.7. The van der Waals surface area contributed by atoms with Crippen LogP contribution in [0.2, 0.25) is 0 Å². The summed E-state index contributed by atoms with van der Waals surface area (Å²) in [7, 11) is -1.72. The van der Waals surface area contributed by atoms with Gasteiger partial charge in [0.2, 0.25) is 15.9 Å². The lowest BCUT2D eigenvalue weighted by Crippen LogP contribution is -2.41. The molecule has 1 aromatic carbocycles. The summed E-state index contributed by atoms with van der Waals surface area (Å²) in [6, 6.07) is 7.21. The Morgan fingerprint density at radius 1 is 1.33 bits per heavy atom. The average Bonchev–Trinajstić information content (AvgIpc) is 2.90. The molecule has 1 fully saturated rings. The van der Waals surface area contributed by atoms with Crippen LogP contribution >= 0.6 is 0 Å². The number of hydrogen-bond acceptors (Lipinski definition) is 4. The molecular weight excluding hydrogens is 328 g/mol. The van der Waals surface area contributed by atoms with Crippen LogP contribution < -0.4 is 9.46 Å². The van der Waals surface area contributed by atoms with Gasteiger partial charge in [-0.25, -0.2) is 13.1 Å². The van der Waals surface area contributed by atoms with E-state index in [1.54, 1.807) is 12.0 Å². The van der Waals surface area contributed by atoms with E-state index < -0.39 is 10.0 Å². The van der Waals surface area contributed by atoms with Crippen molar-refractivity contribution in [3.63, 3.8) is 0 Å². The highest BCUT2D eigenvalue weighted by Crippen LogP contribution is 2.26. The van der Waals surface area contributed by atoms with E-state index in [0.717, 1.165) is 11.8 Å². The molecule has 0 aromatic heterocycles. The Labute approximate surface area is 144 Å². The van der Waals surface area contributed by atoms with Crippen molar-refractivity contribution in [1.82, 2.24) is 9.62 Å². The number of ether oxygens (including phenoxy) is 1. The predicted octanol–water partition coefficient (Wildman–Crippen LogP) is 1.27. The number of sulfonamides is 1. The van der Waals surface area contributed by atoms with E-state index in [-0.39, 0.29) is 30.2 Å². The maximum absolute atomic E-state index is 12.7. The minimum absolute atomic E-state index is 0.0112. The van der Waals surface area contributed by atoms with Crippen LogP contribution in [-0.4, -0.2) is 51.7 Å². The maximum Gasteiger partial charge on any atom is 0.227 e. The van der Waals surface area contributed by atoms with E-state index in [0.29, 0.717) is 18.8 Å². The zero-order valence-corrected chi connectivity index (χ0v) is 15.5. The minimum atomic E-state index is -3.30. The Hall–Kier alpha value is -1.60. The third-order valence-corrected chi connectivity index (χ3v) is 5.20. The molecule has 1 amide bonds. The van der Waals surface area contributed by atoms with Gasteiger partial charge in [0.15, 0.2) is 0 Å². The van der Waals surface area contributed by atoms with Crippen molar-refractivity contribution in [2.24, 2.45) is 11.8 Å². The predicted molar refractivity (Wildman–Crippen MR) is 93.4 cm³/mol. The number of likely N-dealkylation sites (tertiary alicyclic amines) is 1. The summed E-state index contributed by atoms with van der Waals surface area (Å²) < 4.78 is 31.1. The molecule has 1 aliphatic heterocycles. The first-order valence-corrected chi connectivity index (χ1v) is 9.97. The second kappa shape index (κ2) is 7.53. The number of rotatable bonds is 6. The monoisotopic (exact) mass is 354 g/mol. The third-order valence-electron chi connectivity index (χ3n) is 4.47. The number of benzene rings is 1. The number of carbonyl (C=O) groups is 1. The molecule has 0 aliphatic carbocycles. The summed E-state index contributed by atoms with van der Waals surface area (Å²) in [6.45, 7) is 5.08. The van der Waals surface area contributed by atoms with Crippen molar-refractivity contribution in [1.29, 1.82) is 0 Å². The summed E-state index contributed by atoms with van der Waals surface area (Å²) in [5.74, 6) is 1.08. The van der Waals surface area contributed by atoms with Crippen LogP contribution in [-0.2, 0) is 21.2 Å². The van der Waals surface area contributed by atoms with Gasteiger partial charge in [-0.2, -0.15) is 0 Å². The molecule has 1 N–H and O–H groups in total. The van der Waals surface area contributed by atoms with Gasteiger partial charge in [0.1, 0.15) is 5.75 Å². The molecule has 1 heterocycles. The normalized spacial score (nSPS) is 21.3. The van der Waals surface area contributed by atoms with E-state index >= 15 is 0 Å². The molecule has 0 bridgehead atoms. The van der Waals surface area contributed by atoms with Crippen LogP contribution in [0.3, 0.4) is 0 Å². The van der Waals surface area contributed by atoms with Gasteiger partial charge in [0, 0.05) is 24.7 Å². The molecule has 24 heavy (non-hydrogen) atoms. The van der Waals surface area contributed by atoms with Crippen LogP contribution in [0, 0.1) is 11.8 Å². The van der Waals surface area contributed by atoms with Gasteiger partial charge in [0.25, 0.3) is 0 Å². The van der Waals surface area contributed by atoms with Crippen molar-refractivity contribution in [3.8, 4) is 5.75 Å². The van der Waals surface area contributed by atoms with Crippen molar-refractivity contribution in [2.45, 2.75) is 26.3 Å². The van der Waals surface area contributed by atoms with Crippen LogP contribution in [0.1, 0.15) is 19.4 Å². The molecular formula is C17H26N2O4S. The molecule has 7 heteroatoms. The molecule has 0 saturated carbocycles. The molecule has 0 unspecified atom stereocenters. The molecule has 134 valence electrons. The first-order valence-electron chi connectivity index (χ1n) is 8.08. The van der Waals surface area contributed by atoms with E-state index in [2.05, 4.69) is 18.6 Å². The lowest BCUT2D eigenvalue weighted by Gasteiger charge is -2.21. The van der Waals surface area contributed by atoms with Crippen LogP contribution in [0.5, 0.6) is 5.75 Å². The fraction of sp³-hybridized carbons (Fsp3) is 0.588. The van der Waals surface area contributed by atoms with Crippen molar-refractivity contribution >= 4 is 15.9 Å². The number of nitrogens with zero attached hydrogens (tertiary/aromatic N) is 1. The van der Waals surface area contributed by atoms with Gasteiger partial charge in [0.05, 0.1) is 19.8 Å².